The molecule has 0 saturated carbocycles. The van der Waals surface area contributed by atoms with Crippen LogP contribution in [0.2, 0.25) is 0 Å². The molecule has 6 rings (SSSR count). The first-order chi connectivity index (χ1) is 20.4. The van der Waals surface area contributed by atoms with Crippen LogP contribution in [-0.4, -0.2) is 26.5 Å². The number of Topliss-reactive ketones (excluding diaryl/α,β-unsaturated/α-hetero) is 1. The minimum atomic E-state index is -1.10. The predicted molar refractivity (Wildman–Crippen MR) is 169 cm³/mol. The van der Waals surface area contributed by atoms with Gasteiger partial charge in [0, 0.05) is 23.3 Å². The molecule has 4 aromatic carbocycles. The molecule has 208 valence electrons. The van der Waals surface area contributed by atoms with Gasteiger partial charge in [-0.2, -0.15) is 10.2 Å². The van der Waals surface area contributed by atoms with Crippen molar-refractivity contribution in [3.63, 3.8) is 0 Å². The van der Waals surface area contributed by atoms with E-state index < -0.39 is 9.92 Å². The molecule has 4 aromatic rings. The van der Waals surface area contributed by atoms with Crippen molar-refractivity contribution in [2.24, 2.45) is 10.2 Å². The minimum absolute atomic E-state index is 0.0338. The molecule has 0 amide bonds. The summed E-state index contributed by atoms with van der Waals surface area (Å²) < 4.78 is 0. The van der Waals surface area contributed by atoms with Crippen LogP contribution in [-0.2, 0) is 0 Å². The molecule has 2 aliphatic heterocycles. The fourth-order valence-electron chi connectivity index (χ4n) is 4.84. The number of thioether (sulfide) groups is 1. The third-order valence-electron chi connectivity index (χ3n) is 7.12. The Morgan fingerprint density at radius 2 is 1.40 bits per heavy atom. The highest BCUT2D eigenvalue weighted by molar-refractivity contribution is 8.17. The van der Waals surface area contributed by atoms with E-state index in [4.69, 9.17) is 10.2 Å². The lowest BCUT2D eigenvalue weighted by Crippen LogP contribution is -2.53. The number of hydrogen-bond acceptors (Lipinski definition) is 8. The molecular formula is C33H27N5O3S. The number of anilines is 2. The van der Waals surface area contributed by atoms with Gasteiger partial charge in [-0.25, -0.2) is 10.0 Å². The summed E-state index contributed by atoms with van der Waals surface area (Å²) in [5.41, 5.74) is 4.81. The van der Waals surface area contributed by atoms with E-state index in [2.05, 4.69) is 38.1 Å². The topological polar surface area (TPSA) is 91.4 Å². The van der Waals surface area contributed by atoms with E-state index in [-0.39, 0.29) is 16.5 Å². The van der Waals surface area contributed by atoms with Gasteiger partial charge in [-0.15, -0.1) is 0 Å². The van der Waals surface area contributed by atoms with Gasteiger partial charge in [-0.05, 0) is 59.7 Å². The van der Waals surface area contributed by atoms with Crippen LogP contribution in [0.1, 0.15) is 41.3 Å². The maximum atomic E-state index is 13.7. The summed E-state index contributed by atoms with van der Waals surface area (Å²) in [6, 6.07) is 33.2. The van der Waals surface area contributed by atoms with Gasteiger partial charge >= 0.3 is 0 Å². The molecule has 9 heteroatoms. The van der Waals surface area contributed by atoms with Crippen molar-refractivity contribution in [2.45, 2.75) is 24.8 Å². The first-order valence-corrected chi connectivity index (χ1v) is 14.3. The number of rotatable bonds is 7. The fraction of sp³-hybridized carbons (Fsp3) is 0.121. The minimum Gasteiger partial charge on any atom is -0.286 e. The zero-order valence-electron chi connectivity index (χ0n) is 23.0. The van der Waals surface area contributed by atoms with E-state index in [0.29, 0.717) is 17.2 Å². The van der Waals surface area contributed by atoms with Gasteiger partial charge in [-0.3, -0.25) is 14.9 Å². The third-order valence-corrected chi connectivity index (χ3v) is 8.36. The SMILES string of the molecule is CC(C)c1ccc(C2=NN(c3ccccc3)[C@@]3(C=C2)SC(C(=O)c2ccccc2)=NN3c2ccc([N+](=O)[O-])cc2)cc1. The Morgan fingerprint density at radius 1 is 0.810 bits per heavy atom. The van der Waals surface area contributed by atoms with E-state index in [1.165, 1.54) is 29.5 Å². The molecule has 0 radical (unpaired) electrons. The highest BCUT2D eigenvalue weighted by atomic mass is 32.2. The lowest BCUT2D eigenvalue weighted by molar-refractivity contribution is -0.384. The van der Waals surface area contributed by atoms with Crippen molar-refractivity contribution in [1.82, 2.24) is 0 Å². The average molecular weight is 574 g/mol. The van der Waals surface area contributed by atoms with Crippen molar-refractivity contribution >= 4 is 45.4 Å². The second-order valence-corrected chi connectivity index (χ2v) is 11.4. The van der Waals surface area contributed by atoms with Gasteiger partial charge in [0.2, 0.25) is 10.8 Å². The van der Waals surface area contributed by atoms with Crippen molar-refractivity contribution in [3.05, 3.63) is 148 Å². The number of carbonyl (C=O) groups is 1. The molecule has 2 aliphatic rings. The molecule has 0 N–H and O–H groups in total. The normalized spacial score (nSPS) is 17.9. The Hall–Kier alpha value is -5.02. The van der Waals surface area contributed by atoms with Crippen LogP contribution in [0, 0.1) is 10.1 Å². The van der Waals surface area contributed by atoms with E-state index in [1.807, 2.05) is 65.7 Å². The summed E-state index contributed by atoms with van der Waals surface area (Å²) >= 11 is 1.28. The number of hydrazone groups is 2. The molecular weight excluding hydrogens is 546 g/mol. The summed E-state index contributed by atoms with van der Waals surface area (Å²) in [5.74, 6) is 0.194. The Bertz CT molecular complexity index is 1720. The fourth-order valence-corrected chi connectivity index (χ4v) is 6.06. The standard InChI is InChI=1S/C33H27N5O3S/c1-23(2)24-13-15-25(16-14-24)30-21-22-33(36(34-30)27-11-7-4-8-12-27)37(28-17-19-29(20-18-28)38(40)41)35-32(42-33)31(39)26-9-5-3-6-10-26/h3-23H,1-2H3/t33-/m1/s1. The zero-order chi connectivity index (χ0) is 29.3. The Balaban J connectivity index is 1.48. The number of nitro groups is 1. The van der Waals surface area contributed by atoms with Crippen LogP contribution in [0.5, 0.6) is 0 Å². The smallest absolute Gasteiger partial charge is 0.269 e. The number of nitrogens with zero attached hydrogens (tertiary/aromatic N) is 5. The second kappa shape index (κ2) is 11.1. The Kier molecular flexibility index (Phi) is 7.18. The highest BCUT2D eigenvalue weighted by Crippen LogP contribution is 2.48. The molecule has 0 unspecified atom stereocenters. The molecule has 0 fully saturated rings. The lowest BCUT2D eigenvalue weighted by Gasteiger charge is -2.43. The number of allylic oxidation sites excluding steroid dienone is 1. The quantitative estimate of drug-likeness (QED) is 0.128. The molecule has 8 nitrogen and oxygen atoms in total. The molecule has 0 aromatic heterocycles. The van der Waals surface area contributed by atoms with Gasteiger partial charge in [0.25, 0.3) is 5.69 Å². The number of nitro benzene ring substituents is 1. The molecule has 0 bridgehead atoms. The lowest BCUT2D eigenvalue weighted by atomic mass is 10.00. The highest BCUT2D eigenvalue weighted by Gasteiger charge is 2.51. The van der Waals surface area contributed by atoms with E-state index in [0.717, 1.165) is 17.0 Å². The van der Waals surface area contributed by atoms with Crippen molar-refractivity contribution in [3.8, 4) is 0 Å². The second-order valence-electron chi connectivity index (χ2n) is 10.2. The van der Waals surface area contributed by atoms with Gasteiger partial charge in [-0.1, -0.05) is 86.6 Å². The Morgan fingerprint density at radius 3 is 2.02 bits per heavy atom. The first-order valence-electron chi connectivity index (χ1n) is 13.5. The number of para-hydroxylation sites is 1. The van der Waals surface area contributed by atoms with E-state index >= 15 is 0 Å². The molecule has 0 aliphatic carbocycles. The maximum Gasteiger partial charge on any atom is 0.269 e. The third kappa shape index (κ3) is 4.99. The van der Waals surface area contributed by atoms with Crippen LogP contribution in [0.4, 0.5) is 17.1 Å². The summed E-state index contributed by atoms with van der Waals surface area (Å²) in [7, 11) is 0. The number of non-ortho nitro benzene ring substituents is 1. The number of ketones is 1. The number of carbonyl (C=O) groups excluding carboxylic acids is 1. The van der Waals surface area contributed by atoms with E-state index in [1.54, 1.807) is 29.3 Å². The van der Waals surface area contributed by atoms with Crippen LogP contribution >= 0.6 is 11.8 Å². The van der Waals surface area contributed by atoms with Crippen molar-refractivity contribution in [2.75, 3.05) is 10.0 Å². The summed E-state index contributed by atoms with van der Waals surface area (Å²) in [4.78, 5) is 23.5. The van der Waals surface area contributed by atoms with Crippen LogP contribution in [0.3, 0.4) is 0 Å². The summed E-state index contributed by atoms with van der Waals surface area (Å²) in [6.07, 6.45) is 3.93. The average Bonchev–Trinajstić information content (AvgIpc) is 3.41. The predicted octanol–water partition coefficient (Wildman–Crippen LogP) is 7.60. The molecule has 0 saturated heterocycles. The largest absolute Gasteiger partial charge is 0.286 e. The first kappa shape index (κ1) is 27.2. The Labute approximate surface area is 247 Å². The number of hydrogen-bond donors (Lipinski definition) is 0. The molecule has 2 heterocycles. The van der Waals surface area contributed by atoms with E-state index in [9.17, 15) is 14.9 Å². The van der Waals surface area contributed by atoms with Crippen molar-refractivity contribution in [1.29, 1.82) is 0 Å². The summed E-state index contributed by atoms with van der Waals surface area (Å²) in [6.45, 7) is 4.32. The summed E-state index contributed by atoms with van der Waals surface area (Å²) in [5, 5.41) is 25.2. The maximum absolute atomic E-state index is 13.7. The van der Waals surface area contributed by atoms with Gasteiger partial charge in [0.05, 0.1) is 22.0 Å². The van der Waals surface area contributed by atoms with Gasteiger partial charge < -0.3 is 0 Å². The van der Waals surface area contributed by atoms with Crippen LogP contribution < -0.4 is 10.0 Å². The van der Waals surface area contributed by atoms with Crippen molar-refractivity contribution < 1.29 is 9.72 Å². The van der Waals surface area contributed by atoms with Crippen LogP contribution in [0.25, 0.3) is 0 Å². The van der Waals surface area contributed by atoms with Gasteiger partial charge in [0.1, 0.15) is 0 Å². The van der Waals surface area contributed by atoms with Crippen LogP contribution in [0.15, 0.2) is 132 Å². The molecule has 42 heavy (non-hydrogen) atoms. The monoisotopic (exact) mass is 573 g/mol. The number of benzene rings is 4. The molecule has 1 spiro atoms. The molecule has 1 atom stereocenters. The zero-order valence-corrected chi connectivity index (χ0v) is 23.8. The van der Waals surface area contributed by atoms with Gasteiger partial charge in [0.15, 0.2) is 5.04 Å².